The SMILES string of the molecule is CC1CCCCN1c1ccc(Br)cc1CO.COCc1cc(Br)ccc1N1CCCCC1C. The highest BCUT2D eigenvalue weighted by Gasteiger charge is 2.21. The monoisotopic (exact) mass is 580 g/mol. The molecular formula is C27H38Br2N2O2. The molecule has 2 atom stereocenters. The Bertz CT molecular complexity index is 892. The van der Waals surface area contributed by atoms with Gasteiger partial charge in [0.05, 0.1) is 13.2 Å². The number of hydrogen-bond donors (Lipinski definition) is 1. The lowest BCUT2D eigenvalue weighted by atomic mass is 10.0. The molecule has 2 aliphatic rings. The standard InChI is InChI=1S/C14H20BrNO.C13H18BrNO/c1-11-5-3-4-8-16(11)14-7-6-13(15)9-12(14)10-17-2;1-10-4-2-3-7-15(10)13-6-5-12(14)8-11(13)9-16/h6-7,9,11H,3-5,8,10H2,1-2H3;5-6,8,10,16H,2-4,7,9H2,1H3. The molecule has 2 saturated heterocycles. The van der Waals surface area contributed by atoms with Crippen LogP contribution in [0.1, 0.15) is 63.5 Å². The van der Waals surface area contributed by atoms with Gasteiger partial charge in [-0.05, 0) is 88.8 Å². The van der Waals surface area contributed by atoms with E-state index in [0.717, 1.165) is 21.1 Å². The molecule has 0 spiro atoms. The minimum Gasteiger partial charge on any atom is -0.392 e. The number of methoxy groups -OCH3 is 1. The van der Waals surface area contributed by atoms with Crippen molar-refractivity contribution in [2.75, 3.05) is 30.0 Å². The van der Waals surface area contributed by atoms with Gasteiger partial charge in [-0.1, -0.05) is 31.9 Å². The van der Waals surface area contributed by atoms with Gasteiger partial charge in [-0.15, -0.1) is 0 Å². The molecule has 182 valence electrons. The Kier molecular flexibility index (Phi) is 10.6. The quantitative estimate of drug-likeness (QED) is 0.402. The molecule has 1 N–H and O–H groups in total. The van der Waals surface area contributed by atoms with E-state index in [9.17, 15) is 5.11 Å². The first-order chi connectivity index (χ1) is 15.9. The molecule has 2 fully saturated rings. The van der Waals surface area contributed by atoms with Gasteiger partial charge in [0.15, 0.2) is 0 Å². The summed E-state index contributed by atoms with van der Waals surface area (Å²) < 4.78 is 7.46. The molecule has 4 rings (SSSR count). The molecule has 2 aliphatic heterocycles. The second-order valence-electron chi connectivity index (χ2n) is 9.21. The summed E-state index contributed by atoms with van der Waals surface area (Å²) in [6, 6.07) is 13.9. The molecule has 4 nitrogen and oxygen atoms in total. The number of aliphatic hydroxyl groups excluding tert-OH is 1. The molecule has 33 heavy (non-hydrogen) atoms. The van der Waals surface area contributed by atoms with Crippen molar-refractivity contribution in [1.82, 2.24) is 0 Å². The fourth-order valence-electron chi connectivity index (χ4n) is 4.98. The van der Waals surface area contributed by atoms with Crippen molar-refractivity contribution in [3.05, 3.63) is 56.5 Å². The highest BCUT2D eigenvalue weighted by molar-refractivity contribution is 9.10. The first-order valence-corrected chi connectivity index (χ1v) is 13.7. The fourth-order valence-corrected chi connectivity index (χ4v) is 5.80. The maximum atomic E-state index is 9.41. The number of rotatable bonds is 5. The Morgan fingerprint density at radius 1 is 0.818 bits per heavy atom. The summed E-state index contributed by atoms with van der Waals surface area (Å²) in [5.41, 5.74) is 4.82. The summed E-state index contributed by atoms with van der Waals surface area (Å²) >= 11 is 6.98. The molecule has 2 aromatic rings. The summed E-state index contributed by atoms with van der Waals surface area (Å²) in [6.07, 6.45) is 7.78. The zero-order valence-electron chi connectivity index (χ0n) is 20.2. The van der Waals surface area contributed by atoms with Gasteiger partial charge in [0.25, 0.3) is 0 Å². The normalized spacial score (nSPS) is 20.9. The Morgan fingerprint density at radius 2 is 1.30 bits per heavy atom. The first-order valence-electron chi connectivity index (χ1n) is 12.1. The molecule has 0 saturated carbocycles. The van der Waals surface area contributed by atoms with E-state index in [1.807, 2.05) is 6.07 Å². The predicted octanol–water partition coefficient (Wildman–Crippen LogP) is 7.29. The van der Waals surface area contributed by atoms with Gasteiger partial charge in [-0.25, -0.2) is 0 Å². The molecule has 0 amide bonds. The smallest absolute Gasteiger partial charge is 0.0733 e. The Labute approximate surface area is 216 Å². The van der Waals surface area contributed by atoms with E-state index in [2.05, 4.69) is 85.8 Å². The summed E-state index contributed by atoms with van der Waals surface area (Å²) in [6.45, 7) is 7.64. The molecule has 0 bridgehead atoms. The van der Waals surface area contributed by atoms with Gasteiger partial charge in [0, 0.05) is 63.7 Å². The van der Waals surface area contributed by atoms with Gasteiger partial charge in [0.2, 0.25) is 0 Å². The predicted molar refractivity (Wildman–Crippen MR) is 146 cm³/mol. The van der Waals surface area contributed by atoms with E-state index in [-0.39, 0.29) is 6.61 Å². The maximum absolute atomic E-state index is 9.41. The molecule has 2 unspecified atom stereocenters. The zero-order chi connectivity index (χ0) is 23.8. The lowest BCUT2D eigenvalue weighted by Gasteiger charge is -2.36. The highest BCUT2D eigenvalue weighted by atomic mass is 79.9. The van der Waals surface area contributed by atoms with E-state index < -0.39 is 0 Å². The van der Waals surface area contributed by atoms with Crippen LogP contribution in [-0.2, 0) is 18.0 Å². The number of piperidine rings is 2. The number of benzene rings is 2. The second kappa shape index (κ2) is 13.1. The van der Waals surface area contributed by atoms with E-state index in [0.29, 0.717) is 18.7 Å². The minimum atomic E-state index is 0.109. The molecular weight excluding hydrogens is 544 g/mol. The summed E-state index contributed by atoms with van der Waals surface area (Å²) in [5, 5.41) is 9.41. The third kappa shape index (κ3) is 7.20. The van der Waals surface area contributed by atoms with Crippen molar-refractivity contribution in [3.8, 4) is 0 Å². The molecule has 2 heterocycles. The van der Waals surface area contributed by atoms with Crippen LogP contribution in [-0.4, -0.2) is 37.4 Å². The topological polar surface area (TPSA) is 35.9 Å². The van der Waals surface area contributed by atoms with Crippen molar-refractivity contribution in [2.24, 2.45) is 0 Å². The third-order valence-corrected chi connectivity index (χ3v) is 7.76. The van der Waals surface area contributed by atoms with Crippen molar-refractivity contribution >= 4 is 43.2 Å². The van der Waals surface area contributed by atoms with Crippen LogP contribution in [0.3, 0.4) is 0 Å². The third-order valence-electron chi connectivity index (χ3n) is 6.78. The number of aliphatic hydroxyl groups is 1. The highest BCUT2D eigenvalue weighted by Crippen LogP contribution is 2.31. The van der Waals surface area contributed by atoms with Crippen LogP contribution >= 0.6 is 31.9 Å². The van der Waals surface area contributed by atoms with Crippen molar-refractivity contribution in [1.29, 1.82) is 0 Å². The molecule has 0 radical (unpaired) electrons. The lowest BCUT2D eigenvalue weighted by Crippen LogP contribution is -2.38. The van der Waals surface area contributed by atoms with E-state index in [1.165, 1.54) is 62.0 Å². The van der Waals surface area contributed by atoms with Gasteiger partial charge >= 0.3 is 0 Å². The van der Waals surface area contributed by atoms with Crippen molar-refractivity contribution in [2.45, 2.75) is 77.7 Å². The summed E-state index contributed by atoms with van der Waals surface area (Å²) in [7, 11) is 1.75. The molecule has 0 aromatic heterocycles. The summed E-state index contributed by atoms with van der Waals surface area (Å²) in [5.74, 6) is 0. The van der Waals surface area contributed by atoms with Crippen LogP contribution in [0.5, 0.6) is 0 Å². The lowest BCUT2D eigenvalue weighted by molar-refractivity contribution is 0.185. The van der Waals surface area contributed by atoms with Gasteiger partial charge in [-0.2, -0.15) is 0 Å². The number of ether oxygens (including phenoxy) is 1. The van der Waals surface area contributed by atoms with Gasteiger partial charge in [-0.3, -0.25) is 0 Å². The molecule has 6 heteroatoms. The maximum Gasteiger partial charge on any atom is 0.0733 e. The Hall–Kier alpha value is -1.08. The van der Waals surface area contributed by atoms with Crippen LogP contribution in [0, 0.1) is 0 Å². The van der Waals surface area contributed by atoms with E-state index in [1.54, 1.807) is 7.11 Å². The largest absolute Gasteiger partial charge is 0.392 e. The van der Waals surface area contributed by atoms with E-state index >= 15 is 0 Å². The Balaban J connectivity index is 0.000000186. The van der Waals surface area contributed by atoms with Crippen molar-refractivity contribution in [3.63, 3.8) is 0 Å². The average Bonchev–Trinajstić information content (AvgIpc) is 2.81. The number of halogens is 2. The van der Waals surface area contributed by atoms with E-state index in [4.69, 9.17) is 4.74 Å². The number of hydrogen-bond acceptors (Lipinski definition) is 4. The van der Waals surface area contributed by atoms with Crippen LogP contribution < -0.4 is 9.80 Å². The minimum absolute atomic E-state index is 0.109. The van der Waals surface area contributed by atoms with Crippen LogP contribution in [0.25, 0.3) is 0 Å². The summed E-state index contributed by atoms with van der Waals surface area (Å²) in [4.78, 5) is 4.94. The second-order valence-corrected chi connectivity index (χ2v) is 11.0. The van der Waals surface area contributed by atoms with Crippen molar-refractivity contribution < 1.29 is 9.84 Å². The van der Waals surface area contributed by atoms with Gasteiger partial charge < -0.3 is 19.6 Å². The van der Waals surface area contributed by atoms with Crippen LogP contribution in [0.4, 0.5) is 11.4 Å². The first kappa shape index (κ1) is 26.5. The Morgan fingerprint density at radius 3 is 1.76 bits per heavy atom. The average molecular weight is 582 g/mol. The van der Waals surface area contributed by atoms with Crippen LogP contribution in [0.15, 0.2) is 45.3 Å². The molecule has 0 aliphatic carbocycles. The number of nitrogens with zero attached hydrogens (tertiary/aromatic N) is 2. The number of anilines is 2. The molecule has 2 aromatic carbocycles. The zero-order valence-corrected chi connectivity index (χ0v) is 23.4. The van der Waals surface area contributed by atoms with Gasteiger partial charge in [0.1, 0.15) is 0 Å². The van der Waals surface area contributed by atoms with Crippen LogP contribution in [0.2, 0.25) is 0 Å². The fraction of sp³-hybridized carbons (Fsp3) is 0.556.